The smallest absolute Gasteiger partial charge is 0.327 e. The van der Waals surface area contributed by atoms with Crippen molar-refractivity contribution in [3.05, 3.63) is 65.2 Å². The Labute approximate surface area is 233 Å². The van der Waals surface area contributed by atoms with E-state index in [1.165, 1.54) is 4.90 Å². The third-order valence-corrected chi connectivity index (χ3v) is 7.77. The van der Waals surface area contributed by atoms with Crippen molar-refractivity contribution in [3.8, 4) is 5.75 Å². The minimum Gasteiger partial charge on any atom is -0.469 e. The fraction of sp³-hybridized carbons (Fsp3) is 0.516. The molecule has 8 heteroatoms. The van der Waals surface area contributed by atoms with Gasteiger partial charge in [0.1, 0.15) is 11.2 Å². The predicted molar refractivity (Wildman–Crippen MR) is 154 cm³/mol. The number of nitrogens with one attached hydrogen (secondary N) is 1. The third kappa shape index (κ3) is 6.61. The fourth-order valence-electron chi connectivity index (χ4n) is 5.00. The zero-order valence-electron chi connectivity index (χ0n) is 24.5. The van der Waals surface area contributed by atoms with Crippen molar-refractivity contribution < 1.29 is 19.1 Å². The monoisotopic (exact) mass is 536 g/mol. The van der Waals surface area contributed by atoms with Crippen molar-refractivity contribution in [3.63, 3.8) is 0 Å². The zero-order chi connectivity index (χ0) is 28.7. The van der Waals surface area contributed by atoms with Crippen LogP contribution in [0.25, 0.3) is 0 Å². The molecule has 0 unspecified atom stereocenters. The summed E-state index contributed by atoms with van der Waals surface area (Å²) in [6.07, 6.45) is 2.02. The van der Waals surface area contributed by atoms with Crippen LogP contribution in [0.15, 0.2) is 48.5 Å². The summed E-state index contributed by atoms with van der Waals surface area (Å²) < 4.78 is 6.30. The van der Waals surface area contributed by atoms with Crippen LogP contribution < -0.4 is 10.1 Å². The fourth-order valence-corrected chi connectivity index (χ4v) is 5.00. The van der Waals surface area contributed by atoms with Crippen molar-refractivity contribution in [2.45, 2.75) is 65.6 Å². The zero-order valence-corrected chi connectivity index (χ0v) is 24.5. The molecule has 4 amide bonds. The molecule has 1 saturated heterocycles. The number of β-lactam (4-membered cyclic amide) rings is 1. The van der Waals surface area contributed by atoms with Crippen LogP contribution in [-0.4, -0.2) is 73.0 Å². The minimum absolute atomic E-state index is 0.0715. The van der Waals surface area contributed by atoms with Gasteiger partial charge >= 0.3 is 6.03 Å². The van der Waals surface area contributed by atoms with Gasteiger partial charge in [-0.15, -0.1) is 0 Å². The highest BCUT2D eigenvalue weighted by atomic mass is 16.5. The van der Waals surface area contributed by atoms with Crippen LogP contribution in [0.1, 0.15) is 74.0 Å². The molecule has 1 heterocycles. The number of carbonyl (C=O) groups excluding carboxylic acids is 3. The molecule has 8 nitrogen and oxygen atoms in total. The van der Waals surface area contributed by atoms with Gasteiger partial charge in [0.15, 0.2) is 6.23 Å². The Morgan fingerprint density at radius 1 is 0.974 bits per heavy atom. The molecule has 0 radical (unpaired) electrons. The van der Waals surface area contributed by atoms with Crippen LogP contribution in [0, 0.1) is 12.3 Å². The van der Waals surface area contributed by atoms with E-state index >= 15 is 0 Å². The quantitative estimate of drug-likeness (QED) is 0.376. The number of amides is 4. The van der Waals surface area contributed by atoms with Gasteiger partial charge in [0.25, 0.3) is 5.91 Å². The molecular weight excluding hydrogens is 492 g/mol. The number of aryl methyl sites for hydroxylation is 1. The number of likely N-dealkylation sites (N-methyl/N-ethyl adjacent to an activating group) is 2. The molecule has 0 bridgehead atoms. The molecule has 1 N–H and O–H groups in total. The summed E-state index contributed by atoms with van der Waals surface area (Å²) in [6, 6.07) is 14.3. The Balaban J connectivity index is 1.77. The van der Waals surface area contributed by atoms with Gasteiger partial charge in [-0.2, -0.15) is 0 Å². The molecule has 2 aromatic carbocycles. The number of benzene rings is 2. The maximum Gasteiger partial charge on any atom is 0.327 e. The van der Waals surface area contributed by atoms with Crippen LogP contribution in [0.5, 0.6) is 5.75 Å². The Morgan fingerprint density at radius 2 is 1.59 bits per heavy atom. The Bertz CT molecular complexity index is 1130. The summed E-state index contributed by atoms with van der Waals surface area (Å²) in [5, 5.41) is 3.08. The van der Waals surface area contributed by atoms with Gasteiger partial charge in [0, 0.05) is 25.7 Å². The molecule has 0 aliphatic carbocycles. The summed E-state index contributed by atoms with van der Waals surface area (Å²) in [7, 11) is 5.72. The number of carbonyl (C=O) groups is 3. The summed E-state index contributed by atoms with van der Waals surface area (Å²) in [5.74, 6) is 0.217. The molecule has 0 aromatic heterocycles. The van der Waals surface area contributed by atoms with Crippen LogP contribution >= 0.6 is 0 Å². The average Bonchev–Trinajstić information content (AvgIpc) is 2.92. The third-order valence-electron chi connectivity index (χ3n) is 7.77. The molecule has 39 heavy (non-hydrogen) atoms. The lowest BCUT2D eigenvalue weighted by atomic mass is 9.72. The number of likely N-dealkylation sites (tertiary alicyclic amines) is 1. The van der Waals surface area contributed by atoms with Gasteiger partial charge in [-0.3, -0.25) is 9.59 Å². The summed E-state index contributed by atoms with van der Waals surface area (Å²) >= 11 is 0. The number of urea groups is 1. The molecule has 0 saturated carbocycles. The highest BCUT2D eigenvalue weighted by Gasteiger charge is 2.63. The summed E-state index contributed by atoms with van der Waals surface area (Å²) in [6.45, 7) is 9.39. The second kappa shape index (κ2) is 13.1. The molecule has 2 aromatic rings. The first-order chi connectivity index (χ1) is 18.6. The number of nitrogens with zero attached hydrogens (tertiary/aromatic N) is 3. The first-order valence-electron chi connectivity index (χ1n) is 14.0. The molecule has 1 fully saturated rings. The van der Waals surface area contributed by atoms with E-state index in [0.717, 1.165) is 30.5 Å². The van der Waals surface area contributed by atoms with Gasteiger partial charge < -0.3 is 19.9 Å². The van der Waals surface area contributed by atoms with Crippen molar-refractivity contribution in [1.82, 2.24) is 20.0 Å². The van der Waals surface area contributed by atoms with Crippen LogP contribution in [0.2, 0.25) is 0 Å². The average molecular weight is 537 g/mol. The first-order valence-corrected chi connectivity index (χ1v) is 14.0. The van der Waals surface area contributed by atoms with Crippen LogP contribution in [0.4, 0.5) is 4.79 Å². The van der Waals surface area contributed by atoms with Gasteiger partial charge in [-0.1, -0.05) is 57.0 Å². The lowest BCUT2D eigenvalue weighted by Gasteiger charge is -2.53. The maximum absolute atomic E-state index is 13.5. The lowest BCUT2D eigenvalue weighted by Crippen LogP contribution is -2.73. The van der Waals surface area contributed by atoms with E-state index < -0.39 is 17.7 Å². The Morgan fingerprint density at radius 3 is 2.13 bits per heavy atom. The number of ether oxygens (including phenoxy) is 1. The molecule has 212 valence electrons. The summed E-state index contributed by atoms with van der Waals surface area (Å²) in [5.41, 5.74) is 1.94. The highest BCUT2D eigenvalue weighted by molar-refractivity contribution is 6.03. The van der Waals surface area contributed by atoms with Gasteiger partial charge in [-0.25, -0.2) is 9.69 Å². The number of hydrogen-bond donors (Lipinski definition) is 1. The standard InChI is InChI=1S/C31H44N4O4/c1-8-11-26(23-14-12-22(4)13-15-23)32-30(38)35-28(37)31(9-2,10-3)29(35)39-25-18-16-24(17-19-25)27(36)34(7)21-20-33(5)6/h12-19,26,29H,8-11,20-21H2,1-7H3,(H,32,38)/t26-,29+/m1/s1. The van der Waals surface area contributed by atoms with E-state index in [2.05, 4.69) is 12.2 Å². The van der Waals surface area contributed by atoms with E-state index in [1.54, 1.807) is 36.2 Å². The first kappa shape index (κ1) is 30.2. The maximum atomic E-state index is 13.5. The number of imide groups is 1. The van der Waals surface area contributed by atoms with Gasteiger partial charge in [-0.05, 0) is 70.1 Å². The second-order valence-corrected chi connectivity index (χ2v) is 10.8. The van der Waals surface area contributed by atoms with Crippen LogP contribution in [0.3, 0.4) is 0 Å². The van der Waals surface area contributed by atoms with Crippen molar-refractivity contribution in [2.24, 2.45) is 5.41 Å². The van der Waals surface area contributed by atoms with Crippen molar-refractivity contribution in [2.75, 3.05) is 34.2 Å². The normalized spacial score (nSPS) is 17.0. The lowest BCUT2D eigenvalue weighted by molar-refractivity contribution is -0.191. The number of rotatable bonds is 12. The Hall–Kier alpha value is -3.39. The van der Waals surface area contributed by atoms with Crippen LogP contribution in [-0.2, 0) is 4.79 Å². The minimum atomic E-state index is -0.775. The topological polar surface area (TPSA) is 82.2 Å². The molecule has 3 rings (SSSR count). The molecule has 2 atom stereocenters. The molecule has 1 aliphatic rings. The number of hydrogen-bond acceptors (Lipinski definition) is 5. The largest absolute Gasteiger partial charge is 0.469 e. The van der Waals surface area contributed by atoms with Crippen molar-refractivity contribution >= 4 is 17.8 Å². The Kier molecular flexibility index (Phi) is 10.1. The van der Waals surface area contributed by atoms with E-state index in [-0.39, 0.29) is 17.9 Å². The molecule has 0 spiro atoms. The van der Waals surface area contributed by atoms with Gasteiger partial charge in [0.05, 0.1) is 6.04 Å². The molecule has 1 aliphatic heterocycles. The summed E-state index contributed by atoms with van der Waals surface area (Å²) in [4.78, 5) is 44.6. The van der Waals surface area contributed by atoms with Crippen molar-refractivity contribution in [1.29, 1.82) is 0 Å². The van der Waals surface area contributed by atoms with E-state index in [9.17, 15) is 14.4 Å². The molecular formula is C31H44N4O4. The van der Waals surface area contributed by atoms with E-state index in [1.807, 2.05) is 64.0 Å². The van der Waals surface area contributed by atoms with E-state index in [4.69, 9.17) is 4.74 Å². The highest BCUT2D eigenvalue weighted by Crippen LogP contribution is 2.46. The SMILES string of the molecule is CCC[C@@H](NC(=O)N1C(=O)C(CC)(CC)[C@@H]1Oc1ccc(C(=O)N(C)CCN(C)C)cc1)c1ccc(C)cc1. The second-order valence-electron chi connectivity index (χ2n) is 10.8. The van der Waals surface area contributed by atoms with E-state index in [0.29, 0.717) is 30.7 Å². The predicted octanol–water partition coefficient (Wildman–Crippen LogP) is 5.23. The van der Waals surface area contributed by atoms with Gasteiger partial charge in [0.2, 0.25) is 5.91 Å².